The first-order valence-electron chi connectivity index (χ1n) is 4.94. The summed E-state index contributed by atoms with van der Waals surface area (Å²) >= 11 is 3.84. The van der Waals surface area contributed by atoms with Crippen molar-refractivity contribution in [2.75, 3.05) is 5.75 Å². The van der Waals surface area contributed by atoms with Crippen molar-refractivity contribution in [3.63, 3.8) is 0 Å². The van der Waals surface area contributed by atoms with Gasteiger partial charge in [-0.3, -0.25) is 4.55 Å². The van der Waals surface area contributed by atoms with Gasteiger partial charge in [0.25, 0.3) is 10.1 Å². The minimum atomic E-state index is -4.22. The van der Waals surface area contributed by atoms with E-state index in [1.165, 1.54) is 13.0 Å². The van der Waals surface area contributed by atoms with E-state index >= 15 is 0 Å². The molecule has 0 heterocycles. The first kappa shape index (κ1) is 16.9. The Morgan fingerprint density at radius 1 is 1.42 bits per heavy atom. The molecular weight excluding hydrogens is 502 g/mol. The first-order valence-corrected chi connectivity index (χ1v) is 8.71. The lowest BCUT2D eigenvalue weighted by molar-refractivity contribution is 0.0378. The van der Waals surface area contributed by atoms with Crippen molar-refractivity contribution in [1.82, 2.24) is 0 Å². The van der Waals surface area contributed by atoms with Crippen molar-refractivity contribution in [1.29, 1.82) is 0 Å². The minimum Gasteiger partial charge on any atom is -0.506 e. The van der Waals surface area contributed by atoms with E-state index in [2.05, 4.69) is 0 Å². The highest BCUT2D eigenvalue weighted by molar-refractivity contribution is 14.1. The number of carbonyl (C=O) groups excluding carboxylic acids is 1. The molecule has 0 saturated carbocycles. The number of benzene rings is 1. The van der Waals surface area contributed by atoms with Crippen molar-refractivity contribution >= 4 is 61.3 Å². The molecule has 0 aliphatic carbocycles. The number of esters is 1. The highest BCUT2D eigenvalue weighted by Gasteiger charge is 2.21. The topological polar surface area (TPSA) is 101 Å². The van der Waals surface area contributed by atoms with Crippen molar-refractivity contribution < 1.29 is 27.6 Å². The number of carbonyl (C=O) groups is 1. The van der Waals surface area contributed by atoms with Gasteiger partial charge in [-0.25, -0.2) is 4.79 Å². The Hall–Kier alpha value is -0.140. The summed E-state index contributed by atoms with van der Waals surface area (Å²) in [6.07, 6.45) is -1.02. The highest BCUT2D eigenvalue weighted by atomic mass is 127. The number of rotatable bonds is 4. The van der Waals surface area contributed by atoms with Crippen LogP contribution in [0.2, 0.25) is 0 Å². The predicted molar refractivity (Wildman–Crippen MR) is 84.8 cm³/mol. The highest BCUT2D eigenvalue weighted by Crippen LogP contribution is 2.27. The summed E-state index contributed by atoms with van der Waals surface area (Å²) in [6.45, 7) is 1.33. The van der Waals surface area contributed by atoms with Gasteiger partial charge in [0, 0.05) is 3.57 Å². The average Bonchev–Trinajstić information content (AvgIpc) is 2.20. The number of hydrogen-bond acceptors (Lipinski definition) is 5. The Balaban J connectivity index is 2.90. The Morgan fingerprint density at radius 3 is 2.53 bits per heavy atom. The van der Waals surface area contributed by atoms with E-state index in [4.69, 9.17) is 9.29 Å². The van der Waals surface area contributed by atoms with Crippen molar-refractivity contribution in [3.8, 4) is 5.75 Å². The van der Waals surface area contributed by atoms with Crippen molar-refractivity contribution in [3.05, 3.63) is 24.8 Å². The van der Waals surface area contributed by atoms with Gasteiger partial charge in [-0.15, -0.1) is 0 Å². The molecule has 1 aromatic carbocycles. The Morgan fingerprint density at radius 2 is 2.00 bits per heavy atom. The molecule has 19 heavy (non-hydrogen) atoms. The van der Waals surface area contributed by atoms with Crippen LogP contribution >= 0.6 is 45.2 Å². The Kier molecular flexibility index (Phi) is 5.82. The number of ether oxygens (including phenoxy) is 1. The summed E-state index contributed by atoms with van der Waals surface area (Å²) in [5.41, 5.74) is -0.0431. The second-order valence-corrected chi connectivity index (χ2v) is 7.65. The molecule has 0 aromatic heterocycles. The first-order chi connectivity index (χ1) is 8.60. The third-order valence-electron chi connectivity index (χ3n) is 2.00. The summed E-state index contributed by atoms with van der Waals surface area (Å²) in [7, 11) is -4.22. The molecule has 0 bridgehead atoms. The van der Waals surface area contributed by atoms with Crippen LogP contribution in [0.4, 0.5) is 0 Å². The van der Waals surface area contributed by atoms with Crippen LogP contribution in [-0.2, 0) is 14.9 Å². The molecule has 0 aliphatic heterocycles. The maximum atomic E-state index is 11.8. The summed E-state index contributed by atoms with van der Waals surface area (Å²) in [6, 6.07) is 3.11. The molecule has 0 amide bonds. The molecule has 0 fully saturated rings. The summed E-state index contributed by atoms with van der Waals surface area (Å²) in [5, 5.41) is 9.76. The Bertz CT molecular complexity index is 598. The number of aromatic hydroxyl groups is 1. The fourth-order valence-electron chi connectivity index (χ4n) is 1.30. The third kappa shape index (κ3) is 5.39. The summed E-state index contributed by atoms with van der Waals surface area (Å²) < 4.78 is 36.0. The molecule has 2 N–H and O–H groups in total. The van der Waals surface area contributed by atoms with Crippen LogP contribution in [0.15, 0.2) is 12.1 Å². The van der Waals surface area contributed by atoms with Crippen LogP contribution < -0.4 is 0 Å². The van der Waals surface area contributed by atoms with Crippen LogP contribution in [0.5, 0.6) is 5.75 Å². The maximum Gasteiger partial charge on any atom is 0.342 e. The van der Waals surface area contributed by atoms with E-state index in [-0.39, 0.29) is 11.3 Å². The fraction of sp³-hybridized carbons (Fsp3) is 0.300. The molecule has 0 spiro atoms. The lowest BCUT2D eigenvalue weighted by atomic mass is 10.2. The van der Waals surface area contributed by atoms with E-state index in [1.54, 1.807) is 6.07 Å². The Labute approximate surface area is 137 Å². The average molecular weight is 512 g/mol. The fourth-order valence-corrected chi connectivity index (χ4v) is 3.80. The lowest BCUT2D eigenvalue weighted by Gasteiger charge is -2.13. The van der Waals surface area contributed by atoms with Crippen LogP contribution in [0.1, 0.15) is 17.3 Å². The van der Waals surface area contributed by atoms with Gasteiger partial charge >= 0.3 is 5.97 Å². The van der Waals surface area contributed by atoms with E-state index in [0.29, 0.717) is 3.57 Å². The van der Waals surface area contributed by atoms with Crippen molar-refractivity contribution in [2.24, 2.45) is 0 Å². The zero-order valence-corrected chi connectivity index (χ0v) is 14.8. The van der Waals surface area contributed by atoms with Gasteiger partial charge in [0.05, 0.1) is 3.57 Å². The van der Waals surface area contributed by atoms with E-state index in [9.17, 15) is 18.3 Å². The number of halogens is 2. The molecule has 0 saturated heterocycles. The van der Waals surface area contributed by atoms with Gasteiger partial charge in [0.1, 0.15) is 23.2 Å². The summed E-state index contributed by atoms with van der Waals surface area (Å²) in [4.78, 5) is 11.8. The van der Waals surface area contributed by atoms with Gasteiger partial charge in [-0.1, -0.05) is 0 Å². The van der Waals surface area contributed by atoms with Gasteiger partial charge in [-0.2, -0.15) is 8.42 Å². The third-order valence-corrected chi connectivity index (χ3v) is 4.34. The zero-order valence-electron chi connectivity index (χ0n) is 9.63. The molecule has 1 atom stereocenters. The van der Waals surface area contributed by atoms with Gasteiger partial charge in [0.2, 0.25) is 0 Å². The van der Waals surface area contributed by atoms with Crippen LogP contribution in [0.25, 0.3) is 0 Å². The van der Waals surface area contributed by atoms with E-state index in [0.717, 1.165) is 3.57 Å². The molecule has 6 nitrogen and oxygen atoms in total. The number of phenolic OH excluding ortho intramolecular Hbond substituents is 1. The van der Waals surface area contributed by atoms with Crippen molar-refractivity contribution in [2.45, 2.75) is 13.0 Å². The van der Waals surface area contributed by atoms with Gasteiger partial charge in [0.15, 0.2) is 0 Å². The van der Waals surface area contributed by atoms with E-state index in [1.807, 2.05) is 45.2 Å². The van der Waals surface area contributed by atoms with Gasteiger partial charge in [-0.05, 0) is 64.2 Å². The predicted octanol–water partition coefficient (Wildman–Crippen LogP) is 2.03. The second-order valence-electron chi connectivity index (χ2n) is 3.75. The molecule has 1 unspecified atom stereocenters. The smallest absolute Gasteiger partial charge is 0.342 e. The minimum absolute atomic E-state index is 0.0431. The normalized spacial score (nSPS) is 13.1. The summed E-state index contributed by atoms with van der Waals surface area (Å²) in [5.74, 6) is -1.75. The SMILES string of the molecule is CC(CS(=O)(=O)O)OC(=O)c1cc(I)cc(I)c1O. The maximum absolute atomic E-state index is 11.8. The van der Waals surface area contributed by atoms with Crippen LogP contribution in [0, 0.1) is 7.14 Å². The van der Waals surface area contributed by atoms with Crippen LogP contribution in [0.3, 0.4) is 0 Å². The second kappa shape index (κ2) is 6.54. The number of hydrogen-bond donors (Lipinski definition) is 2. The zero-order chi connectivity index (χ0) is 14.8. The van der Waals surface area contributed by atoms with Gasteiger partial charge < -0.3 is 9.84 Å². The largest absolute Gasteiger partial charge is 0.506 e. The number of phenols is 1. The quantitative estimate of drug-likeness (QED) is 0.364. The molecule has 0 radical (unpaired) electrons. The van der Waals surface area contributed by atoms with E-state index < -0.39 is 27.9 Å². The lowest BCUT2D eigenvalue weighted by Crippen LogP contribution is -2.24. The standard InChI is InChI=1S/C10H10I2O6S/c1-5(4-19(15,16)17)18-10(14)7-2-6(11)3-8(12)9(7)13/h2-3,5,13H,4H2,1H3,(H,15,16,17). The molecule has 0 aliphatic rings. The molecule has 1 aromatic rings. The molecular formula is C10H10I2O6S. The molecule has 9 heteroatoms. The monoisotopic (exact) mass is 512 g/mol. The molecule has 1 rings (SSSR count). The van der Waals surface area contributed by atoms with Crippen LogP contribution in [-0.4, -0.2) is 35.9 Å². The molecule has 106 valence electrons.